The van der Waals surface area contributed by atoms with Crippen molar-refractivity contribution >= 4 is 21.5 Å². The van der Waals surface area contributed by atoms with Crippen LogP contribution < -0.4 is 0 Å². The zero-order valence-corrected chi connectivity index (χ0v) is 22.5. The van der Waals surface area contributed by atoms with Crippen LogP contribution in [0.4, 0.5) is 0 Å². The lowest BCUT2D eigenvalue weighted by molar-refractivity contribution is 1.31. The lowest BCUT2D eigenvalue weighted by Gasteiger charge is -2.18. The van der Waals surface area contributed by atoms with Crippen molar-refractivity contribution in [2.45, 2.75) is 0 Å². The summed E-state index contributed by atoms with van der Waals surface area (Å²) in [5.74, 6) is 0. The molecule has 0 bridgehead atoms. The number of nitriles is 2. The molecule has 7 aromatic rings. The molecule has 0 amide bonds. The first kappa shape index (κ1) is 24.9. The van der Waals surface area contributed by atoms with E-state index >= 15 is 0 Å². The molecule has 0 spiro atoms. The van der Waals surface area contributed by atoms with Crippen LogP contribution in [0.3, 0.4) is 0 Å². The summed E-state index contributed by atoms with van der Waals surface area (Å²) in [7, 11) is 0. The van der Waals surface area contributed by atoms with Gasteiger partial charge in [-0.1, -0.05) is 97.1 Å². The second kappa shape index (κ2) is 10.5. The third kappa shape index (κ3) is 4.16. The third-order valence-electron chi connectivity index (χ3n) is 7.78. The molecule has 0 aliphatic rings. The van der Waals surface area contributed by atoms with Crippen LogP contribution in [0.1, 0.15) is 11.1 Å². The lowest BCUT2D eigenvalue weighted by atomic mass is 9.85. The van der Waals surface area contributed by atoms with Gasteiger partial charge >= 0.3 is 0 Å². The molecule has 0 unspecified atom stereocenters. The molecule has 42 heavy (non-hydrogen) atoms. The van der Waals surface area contributed by atoms with E-state index in [1.165, 1.54) is 32.7 Å². The second-order valence-electron chi connectivity index (χ2n) is 10.1. The SMILES string of the molecule is N#Cc1ccncc1-c1ccc(-c2c3ccccc3c(-c3ccc(-c4cnccc4C#N)cc3)c3ccccc23)cc1. The van der Waals surface area contributed by atoms with Crippen LogP contribution in [0.2, 0.25) is 0 Å². The molecule has 2 heterocycles. The van der Waals surface area contributed by atoms with Gasteiger partial charge < -0.3 is 0 Å². The average Bonchev–Trinajstić information content (AvgIpc) is 3.07. The van der Waals surface area contributed by atoms with E-state index in [1.807, 2.05) is 0 Å². The van der Waals surface area contributed by atoms with Crippen molar-refractivity contribution in [2.24, 2.45) is 0 Å². The number of nitrogens with zero attached hydrogens (tertiary/aromatic N) is 4. The zero-order valence-electron chi connectivity index (χ0n) is 22.5. The molecular formula is C38H22N4. The molecule has 0 N–H and O–H groups in total. The number of benzene rings is 5. The Hall–Kier alpha value is -6.10. The Bertz CT molecular complexity index is 1980. The Morgan fingerprint density at radius 3 is 1.07 bits per heavy atom. The Morgan fingerprint density at radius 1 is 0.405 bits per heavy atom. The van der Waals surface area contributed by atoms with E-state index in [2.05, 4.69) is 119 Å². The number of aromatic nitrogens is 2. The van der Waals surface area contributed by atoms with Gasteiger partial charge in [0.2, 0.25) is 0 Å². The monoisotopic (exact) mass is 534 g/mol. The Balaban J connectivity index is 1.41. The van der Waals surface area contributed by atoms with Gasteiger partial charge in [0.25, 0.3) is 0 Å². The molecule has 0 aliphatic heterocycles. The van der Waals surface area contributed by atoms with E-state index in [1.54, 1.807) is 36.9 Å². The van der Waals surface area contributed by atoms with Crippen LogP contribution in [0.25, 0.3) is 66.1 Å². The van der Waals surface area contributed by atoms with E-state index in [0.29, 0.717) is 11.1 Å². The summed E-state index contributed by atoms with van der Waals surface area (Å²) in [6.07, 6.45) is 6.78. The minimum atomic E-state index is 0.608. The molecule has 4 nitrogen and oxygen atoms in total. The van der Waals surface area contributed by atoms with E-state index in [0.717, 1.165) is 33.4 Å². The summed E-state index contributed by atoms with van der Waals surface area (Å²) in [4.78, 5) is 8.47. The molecule has 5 aromatic carbocycles. The predicted octanol–water partition coefficient (Wildman–Crippen LogP) is 9.19. The fourth-order valence-corrected chi connectivity index (χ4v) is 5.83. The van der Waals surface area contributed by atoms with Crippen molar-refractivity contribution in [2.75, 3.05) is 0 Å². The van der Waals surface area contributed by atoms with Gasteiger partial charge in [0.1, 0.15) is 0 Å². The maximum absolute atomic E-state index is 9.57. The highest BCUT2D eigenvalue weighted by Gasteiger charge is 2.17. The highest BCUT2D eigenvalue weighted by Crippen LogP contribution is 2.44. The molecule has 0 aliphatic carbocycles. The van der Waals surface area contributed by atoms with Crippen LogP contribution >= 0.6 is 0 Å². The maximum atomic E-state index is 9.57. The van der Waals surface area contributed by atoms with E-state index in [4.69, 9.17) is 0 Å². The van der Waals surface area contributed by atoms with Crippen molar-refractivity contribution in [3.8, 4) is 56.6 Å². The van der Waals surface area contributed by atoms with Gasteiger partial charge in [0, 0.05) is 35.9 Å². The van der Waals surface area contributed by atoms with Crippen LogP contribution in [0.5, 0.6) is 0 Å². The number of hydrogen-bond donors (Lipinski definition) is 0. The van der Waals surface area contributed by atoms with Crippen LogP contribution in [-0.4, -0.2) is 9.97 Å². The summed E-state index contributed by atoms with van der Waals surface area (Å²) in [5.41, 5.74) is 9.35. The molecule has 0 atom stereocenters. The third-order valence-corrected chi connectivity index (χ3v) is 7.78. The smallest absolute Gasteiger partial charge is 0.0999 e. The van der Waals surface area contributed by atoms with Gasteiger partial charge in [-0.3, -0.25) is 9.97 Å². The summed E-state index contributed by atoms with van der Waals surface area (Å²) in [5, 5.41) is 23.8. The molecule has 0 radical (unpaired) electrons. The minimum Gasteiger partial charge on any atom is -0.264 e. The summed E-state index contributed by atoms with van der Waals surface area (Å²) >= 11 is 0. The highest BCUT2D eigenvalue weighted by atomic mass is 14.6. The van der Waals surface area contributed by atoms with Crippen molar-refractivity contribution in [3.05, 3.63) is 145 Å². The van der Waals surface area contributed by atoms with Crippen molar-refractivity contribution in [3.63, 3.8) is 0 Å². The molecule has 0 fully saturated rings. The molecular weight excluding hydrogens is 512 g/mol. The minimum absolute atomic E-state index is 0.608. The van der Waals surface area contributed by atoms with Crippen molar-refractivity contribution in [1.29, 1.82) is 10.5 Å². The van der Waals surface area contributed by atoms with Gasteiger partial charge in [-0.15, -0.1) is 0 Å². The molecule has 0 saturated carbocycles. The Labute approximate surface area is 243 Å². The Morgan fingerprint density at radius 2 is 0.738 bits per heavy atom. The van der Waals surface area contributed by atoms with Crippen molar-refractivity contribution in [1.82, 2.24) is 9.97 Å². The van der Waals surface area contributed by atoms with Gasteiger partial charge in [-0.2, -0.15) is 10.5 Å². The highest BCUT2D eigenvalue weighted by molar-refractivity contribution is 6.21. The topological polar surface area (TPSA) is 73.4 Å². The molecule has 2 aromatic heterocycles. The average molecular weight is 535 g/mol. The van der Waals surface area contributed by atoms with Gasteiger partial charge in [0.05, 0.1) is 23.3 Å². The summed E-state index contributed by atoms with van der Waals surface area (Å²) < 4.78 is 0. The first-order valence-electron chi connectivity index (χ1n) is 13.6. The fourth-order valence-electron chi connectivity index (χ4n) is 5.83. The van der Waals surface area contributed by atoms with E-state index < -0.39 is 0 Å². The largest absolute Gasteiger partial charge is 0.264 e. The van der Waals surface area contributed by atoms with Gasteiger partial charge in [0.15, 0.2) is 0 Å². The number of pyridine rings is 2. The maximum Gasteiger partial charge on any atom is 0.0999 e. The normalized spacial score (nSPS) is 10.8. The quantitative estimate of drug-likeness (QED) is 0.211. The predicted molar refractivity (Wildman–Crippen MR) is 168 cm³/mol. The van der Waals surface area contributed by atoms with Gasteiger partial charge in [-0.25, -0.2) is 0 Å². The first-order chi connectivity index (χ1) is 20.8. The molecule has 4 heteroatoms. The molecule has 7 rings (SSSR count). The van der Waals surface area contributed by atoms with Gasteiger partial charge in [-0.05, 0) is 67.1 Å². The van der Waals surface area contributed by atoms with E-state index in [-0.39, 0.29) is 0 Å². The summed E-state index contributed by atoms with van der Waals surface area (Å²) in [6.45, 7) is 0. The lowest BCUT2D eigenvalue weighted by Crippen LogP contribution is -1.92. The second-order valence-corrected chi connectivity index (χ2v) is 10.1. The first-order valence-corrected chi connectivity index (χ1v) is 13.6. The zero-order chi connectivity index (χ0) is 28.5. The van der Waals surface area contributed by atoms with Crippen LogP contribution in [-0.2, 0) is 0 Å². The number of rotatable bonds is 4. The molecule has 0 saturated heterocycles. The fraction of sp³-hybridized carbons (Fsp3) is 0. The van der Waals surface area contributed by atoms with Crippen LogP contribution in [0, 0.1) is 22.7 Å². The summed E-state index contributed by atoms with van der Waals surface area (Å²) in [6, 6.07) is 41.9. The van der Waals surface area contributed by atoms with Crippen molar-refractivity contribution < 1.29 is 0 Å². The standard InChI is InChI=1S/C38H22N4/c39-21-29-17-19-41-23-35(29)25-9-13-27(14-10-25)37-31-5-1-2-6-32(31)38(34-8-4-3-7-33(34)37)28-15-11-26(12-16-28)36-24-42-20-18-30(36)22-40/h1-20,23-24H. The van der Waals surface area contributed by atoms with E-state index in [9.17, 15) is 10.5 Å². The van der Waals surface area contributed by atoms with Crippen LogP contribution in [0.15, 0.2) is 134 Å². The Kier molecular flexibility index (Phi) is 6.21. The number of fused-ring (bicyclic) bond motifs is 2. The molecule has 194 valence electrons. The number of hydrogen-bond acceptors (Lipinski definition) is 4.